The normalized spacial score (nSPS) is 15.1. The van der Waals surface area contributed by atoms with Crippen molar-refractivity contribution in [3.8, 4) is 0 Å². The molecule has 1 aliphatic rings. The lowest BCUT2D eigenvalue weighted by Crippen LogP contribution is -2.38. The average molecular weight is 404 g/mol. The van der Waals surface area contributed by atoms with E-state index in [2.05, 4.69) is 24.1 Å². The number of amides is 1. The summed E-state index contributed by atoms with van der Waals surface area (Å²) in [6.07, 6.45) is 7.50. The molecule has 5 rings (SSSR count). The zero-order valence-electron chi connectivity index (χ0n) is 15.8. The van der Waals surface area contributed by atoms with E-state index in [0.717, 1.165) is 54.2 Å². The van der Waals surface area contributed by atoms with Gasteiger partial charge in [0.1, 0.15) is 11.3 Å². The van der Waals surface area contributed by atoms with Crippen molar-refractivity contribution in [2.24, 2.45) is 0 Å². The number of rotatable bonds is 4. The average Bonchev–Trinajstić information content (AvgIpc) is 3.43. The van der Waals surface area contributed by atoms with Crippen LogP contribution in [0.1, 0.15) is 40.6 Å². The van der Waals surface area contributed by atoms with E-state index in [1.54, 1.807) is 0 Å². The number of likely N-dealkylation sites (tertiary alicyclic amines) is 1. The van der Waals surface area contributed by atoms with Gasteiger partial charge in [0.05, 0.1) is 16.9 Å². The minimum Gasteiger partial charge on any atom is -0.339 e. The van der Waals surface area contributed by atoms with Crippen molar-refractivity contribution in [3.05, 3.63) is 72.1 Å². The Balaban J connectivity index is 1.26. The van der Waals surface area contributed by atoms with E-state index >= 15 is 0 Å². The Morgan fingerprint density at radius 2 is 2.00 bits per heavy atom. The molecule has 1 fully saturated rings. The molecule has 3 aromatic heterocycles. The van der Waals surface area contributed by atoms with E-state index in [1.807, 2.05) is 59.9 Å². The van der Waals surface area contributed by atoms with Crippen molar-refractivity contribution >= 4 is 27.7 Å². The van der Waals surface area contributed by atoms with Crippen molar-refractivity contribution < 1.29 is 4.79 Å². The summed E-state index contributed by atoms with van der Waals surface area (Å²) in [7, 11) is 0. The van der Waals surface area contributed by atoms with Crippen molar-refractivity contribution in [2.75, 3.05) is 13.1 Å². The van der Waals surface area contributed by atoms with Crippen LogP contribution < -0.4 is 0 Å². The monoisotopic (exact) mass is 404 g/mol. The quantitative estimate of drug-likeness (QED) is 0.521. The molecule has 146 valence electrons. The molecule has 0 bridgehead atoms. The maximum atomic E-state index is 12.9. The molecule has 1 aromatic carbocycles. The number of pyridine rings is 1. The van der Waals surface area contributed by atoms with Crippen molar-refractivity contribution in [2.45, 2.75) is 25.3 Å². The minimum absolute atomic E-state index is 0.0650. The number of piperidine rings is 1. The molecular weight excluding hydrogens is 384 g/mol. The van der Waals surface area contributed by atoms with E-state index in [4.69, 9.17) is 0 Å². The highest BCUT2D eigenvalue weighted by atomic mass is 32.1. The smallest absolute Gasteiger partial charge is 0.253 e. The predicted octanol–water partition coefficient (Wildman–Crippen LogP) is 3.35. The molecule has 4 aromatic rings. The van der Waals surface area contributed by atoms with Crippen LogP contribution in [0.4, 0.5) is 0 Å². The molecule has 4 heterocycles. The molecule has 0 N–H and O–H groups in total. The van der Waals surface area contributed by atoms with Gasteiger partial charge in [0, 0.05) is 43.2 Å². The fourth-order valence-corrected chi connectivity index (χ4v) is 4.46. The van der Waals surface area contributed by atoms with Gasteiger partial charge in [-0.05, 0) is 54.7 Å². The highest BCUT2D eigenvalue weighted by molar-refractivity contribution is 7.12. The highest BCUT2D eigenvalue weighted by Crippen LogP contribution is 2.28. The summed E-state index contributed by atoms with van der Waals surface area (Å²) < 4.78 is 7.12. The molecule has 0 spiro atoms. The van der Waals surface area contributed by atoms with Crippen molar-refractivity contribution in [3.63, 3.8) is 0 Å². The SMILES string of the molecule is O=C(c1ccc2snnc2c1)N1CCC(c2nccn2Cc2ccccn2)CC1. The summed E-state index contributed by atoms with van der Waals surface area (Å²) in [4.78, 5) is 23.9. The molecule has 1 aliphatic heterocycles. The predicted molar refractivity (Wildman–Crippen MR) is 111 cm³/mol. The maximum absolute atomic E-state index is 12.9. The van der Waals surface area contributed by atoms with Gasteiger partial charge in [-0.1, -0.05) is 10.6 Å². The first-order chi connectivity index (χ1) is 14.3. The van der Waals surface area contributed by atoms with Gasteiger partial charge in [-0.3, -0.25) is 9.78 Å². The number of hydrogen-bond donors (Lipinski definition) is 0. The Morgan fingerprint density at radius 1 is 1.10 bits per heavy atom. The second kappa shape index (κ2) is 7.71. The Kier molecular flexibility index (Phi) is 4.77. The van der Waals surface area contributed by atoms with Gasteiger partial charge in [-0.25, -0.2) is 4.98 Å². The summed E-state index contributed by atoms with van der Waals surface area (Å²) in [5.41, 5.74) is 2.49. The van der Waals surface area contributed by atoms with Gasteiger partial charge in [0.25, 0.3) is 5.91 Å². The van der Waals surface area contributed by atoms with Crippen LogP contribution in [0.3, 0.4) is 0 Å². The Hall–Kier alpha value is -3.13. The number of carbonyl (C=O) groups is 1. The van der Waals surface area contributed by atoms with Crippen LogP contribution in [-0.2, 0) is 6.54 Å². The zero-order valence-corrected chi connectivity index (χ0v) is 16.6. The van der Waals surface area contributed by atoms with Gasteiger partial charge < -0.3 is 9.47 Å². The van der Waals surface area contributed by atoms with E-state index in [9.17, 15) is 4.79 Å². The van der Waals surface area contributed by atoms with Crippen LogP contribution in [0.25, 0.3) is 10.2 Å². The van der Waals surface area contributed by atoms with Crippen molar-refractivity contribution in [1.82, 2.24) is 29.0 Å². The molecule has 0 unspecified atom stereocenters. The lowest BCUT2D eigenvalue weighted by Gasteiger charge is -2.32. The summed E-state index contributed by atoms with van der Waals surface area (Å²) in [6.45, 7) is 2.18. The third-order valence-corrected chi connectivity index (χ3v) is 6.15. The molecule has 0 saturated carbocycles. The third-order valence-electron chi connectivity index (χ3n) is 5.45. The molecular formula is C21H20N6OS. The topological polar surface area (TPSA) is 76.8 Å². The lowest BCUT2D eigenvalue weighted by molar-refractivity contribution is 0.0710. The molecule has 7 nitrogen and oxygen atoms in total. The largest absolute Gasteiger partial charge is 0.339 e. The molecule has 0 radical (unpaired) electrons. The first-order valence-corrected chi connectivity index (χ1v) is 10.5. The van der Waals surface area contributed by atoms with Crippen LogP contribution in [0.15, 0.2) is 55.0 Å². The van der Waals surface area contributed by atoms with Crippen LogP contribution in [0.2, 0.25) is 0 Å². The van der Waals surface area contributed by atoms with Gasteiger partial charge in [0.2, 0.25) is 0 Å². The second-order valence-electron chi connectivity index (χ2n) is 7.26. The summed E-state index contributed by atoms with van der Waals surface area (Å²) in [6, 6.07) is 11.6. The first-order valence-electron chi connectivity index (χ1n) is 9.70. The van der Waals surface area contributed by atoms with Gasteiger partial charge in [-0.2, -0.15) is 0 Å². The van der Waals surface area contributed by atoms with E-state index in [1.165, 1.54) is 11.5 Å². The fourth-order valence-electron chi connectivity index (χ4n) is 3.92. The van der Waals surface area contributed by atoms with E-state index < -0.39 is 0 Å². The Labute approximate surface area is 172 Å². The number of nitrogens with zero attached hydrogens (tertiary/aromatic N) is 6. The fraction of sp³-hybridized carbons (Fsp3) is 0.286. The standard InChI is InChI=1S/C21H20N6OS/c28-21(16-4-5-19-18(13-16)24-25-29-19)26-10-6-15(7-11-26)20-23-9-12-27(20)14-17-3-1-2-8-22-17/h1-5,8-9,12-13,15H,6-7,10-11,14H2. The zero-order chi connectivity index (χ0) is 19.6. The molecule has 1 saturated heterocycles. The number of hydrogen-bond acceptors (Lipinski definition) is 6. The number of aromatic nitrogens is 5. The van der Waals surface area contributed by atoms with Crippen LogP contribution in [0, 0.1) is 0 Å². The minimum atomic E-state index is 0.0650. The van der Waals surface area contributed by atoms with E-state index in [-0.39, 0.29) is 5.91 Å². The first kappa shape index (κ1) is 17.9. The van der Waals surface area contributed by atoms with Gasteiger partial charge >= 0.3 is 0 Å². The number of fused-ring (bicyclic) bond motifs is 1. The Morgan fingerprint density at radius 3 is 2.83 bits per heavy atom. The number of imidazole rings is 1. The Bertz CT molecular complexity index is 1130. The van der Waals surface area contributed by atoms with Crippen LogP contribution >= 0.6 is 11.5 Å². The number of benzene rings is 1. The molecule has 8 heteroatoms. The van der Waals surface area contributed by atoms with Crippen LogP contribution in [-0.4, -0.2) is 48.0 Å². The lowest BCUT2D eigenvalue weighted by atomic mass is 9.95. The summed E-state index contributed by atoms with van der Waals surface area (Å²) in [5, 5.41) is 4.08. The number of carbonyl (C=O) groups excluding carboxylic acids is 1. The summed E-state index contributed by atoms with van der Waals surface area (Å²) in [5.74, 6) is 1.50. The van der Waals surface area contributed by atoms with E-state index in [0.29, 0.717) is 11.5 Å². The maximum Gasteiger partial charge on any atom is 0.253 e. The van der Waals surface area contributed by atoms with Gasteiger partial charge in [-0.15, -0.1) is 5.10 Å². The molecule has 0 aliphatic carbocycles. The molecule has 1 amide bonds. The van der Waals surface area contributed by atoms with Gasteiger partial charge in [0.15, 0.2) is 0 Å². The second-order valence-corrected chi connectivity index (χ2v) is 8.04. The molecule has 0 atom stereocenters. The van der Waals surface area contributed by atoms with Crippen molar-refractivity contribution in [1.29, 1.82) is 0 Å². The summed E-state index contributed by atoms with van der Waals surface area (Å²) >= 11 is 1.34. The molecule has 29 heavy (non-hydrogen) atoms. The highest BCUT2D eigenvalue weighted by Gasteiger charge is 2.27. The third kappa shape index (κ3) is 3.63. The van der Waals surface area contributed by atoms with Crippen LogP contribution in [0.5, 0.6) is 0 Å².